The Balaban J connectivity index is 1.65. The summed E-state index contributed by atoms with van der Waals surface area (Å²) in [5.41, 5.74) is 1.06. The third kappa shape index (κ3) is 3.55. The molecule has 1 atom stereocenters. The van der Waals surface area contributed by atoms with Crippen molar-refractivity contribution in [3.63, 3.8) is 0 Å². The van der Waals surface area contributed by atoms with Crippen molar-refractivity contribution in [3.05, 3.63) is 10.6 Å². The van der Waals surface area contributed by atoms with E-state index in [1.807, 2.05) is 0 Å². The molecule has 7 heteroatoms. The Hall–Kier alpha value is -1.47. The molecule has 0 bridgehead atoms. The van der Waals surface area contributed by atoms with Gasteiger partial charge in [-0.2, -0.15) is 0 Å². The number of anilines is 1. The summed E-state index contributed by atoms with van der Waals surface area (Å²) in [5, 5.41) is 3.26. The van der Waals surface area contributed by atoms with Gasteiger partial charge >= 0.3 is 11.8 Å². The first-order chi connectivity index (χ1) is 11.1. The van der Waals surface area contributed by atoms with Crippen molar-refractivity contribution in [2.24, 2.45) is 0 Å². The molecule has 0 spiro atoms. The van der Waals surface area contributed by atoms with Crippen LogP contribution in [0.4, 0.5) is 5.13 Å². The quantitative estimate of drug-likeness (QED) is 0.837. The van der Waals surface area contributed by atoms with Gasteiger partial charge in [0.05, 0.1) is 5.69 Å². The Bertz CT molecular complexity index is 601. The van der Waals surface area contributed by atoms with Crippen LogP contribution < -0.4 is 5.32 Å². The molecule has 1 saturated heterocycles. The number of piperidine rings is 1. The molecule has 23 heavy (non-hydrogen) atoms. The van der Waals surface area contributed by atoms with Crippen LogP contribution in [0.25, 0.3) is 0 Å². The number of carbonyl (C=O) groups is 2. The van der Waals surface area contributed by atoms with Gasteiger partial charge in [-0.3, -0.25) is 14.9 Å². The summed E-state index contributed by atoms with van der Waals surface area (Å²) in [7, 11) is 2.08. The Morgan fingerprint density at radius 1 is 1.35 bits per heavy atom. The van der Waals surface area contributed by atoms with Gasteiger partial charge in [0.1, 0.15) is 0 Å². The van der Waals surface area contributed by atoms with Gasteiger partial charge in [-0.05, 0) is 32.7 Å². The maximum Gasteiger partial charge on any atom is 0.315 e. The van der Waals surface area contributed by atoms with Crippen LogP contribution in [0.1, 0.15) is 43.2 Å². The third-order valence-corrected chi connectivity index (χ3v) is 5.69. The van der Waals surface area contributed by atoms with Crippen LogP contribution in [-0.2, 0) is 22.6 Å². The van der Waals surface area contributed by atoms with E-state index in [0.29, 0.717) is 11.7 Å². The molecular weight excluding hydrogens is 312 g/mol. The van der Waals surface area contributed by atoms with Gasteiger partial charge in [0.2, 0.25) is 0 Å². The molecule has 126 valence electrons. The lowest BCUT2D eigenvalue weighted by molar-refractivity contribution is -0.145. The van der Waals surface area contributed by atoms with Crippen molar-refractivity contribution in [2.75, 3.05) is 25.5 Å². The minimum Gasteiger partial charge on any atom is -0.331 e. The van der Waals surface area contributed by atoms with Crippen molar-refractivity contribution in [1.82, 2.24) is 14.8 Å². The van der Waals surface area contributed by atoms with Crippen molar-refractivity contribution in [2.45, 2.75) is 51.6 Å². The number of aromatic nitrogens is 1. The third-order valence-electron chi connectivity index (χ3n) is 4.70. The van der Waals surface area contributed by atoms with Crippen molar-refractivity contribution >= 4 is 28.3 Å². The summed E-state index contributed by atoms with van der Waals surface area (Å²) >= 11 is 1.48. The van der Waals surface area contributed by atoms with Gasteiger partial charge in [-0.25, -0.2) is 4.98 Å². The number of hydrogen-bond donors (Lipinski definition) is 1. The highest BCUT2D eigenvalue weighted by Crippen LogP contribution is 2.28. The number of nitrogens with zero attached hydrogens (tertiary/aromatic N) is 3. The smallest absolute Gasteiger partial charge is 0.315 e. The number of hydrogen-bond acceptors (Lipinski definition) is 5. The fourth-order valence-corrected chi connectivity index (χ4v) is 4.43. The predicted molar refractivity (Wildman–Crippen MR) is 90.4 cm³/mol. The zero-order valence-electron chi connectivity index (χ0n) is 13.8. The second-order valence-electron chi connectivity index (χ2n) is 6.39. The Morgan fingerprint density at radius 3 is 2.96 bits per heavy atom. The molecule has 2 aliphatic heterocycles. The van der Waals surface area contributed by atoms with Gasteiger partial charge in [0.15, 0.2) is 5.13 Å². The number of rotatable bonds is 2. The molecule has 1 aromatic heterocycles. The number of likely N-dealkylation sites (tertiary alicyclic amines) is 1. The molecule has 0 radical (unpaired) electrons. The zero-order valence-corrected chi connectivity index (χ0v) is 14.6. The van der Waals surface area contributed by atoms with Gasteiger partial charge < -0.3 is 9.80 Å². The summed E-state index contributed by atoms with van der Waals surface area (Å²) in [6.45, 7) is 4.60. The second kappa shape index (κ2) is 6.97. The lowest BCUT2D eigenvalue weighted by atomic mass is 10.00. The first-order valence-electron chi connectivity index (χ1n) is 8.37. The average Bonchev–Trinajstić information content (AvgIpc) is 2.95. The number of carbonyl (C=O) groups excluding carboxylic acids is 2. The summed E-state index contributed by atoms with van der Waals surface area (Å²) in [6.07, 6.45) is 4.91. The molecule has 1 N–H and O–H groups in total. The van der Waals surface area contributed by atoms with E-state index in [4.69, 9.17) is 0 Å². The van der Waals surface area contributed by atoms with E-state index in [2.05, 4.69) is 29.2 Å². The van der Waals surface area contributed by atoms with Crippen LogP contribution in [0.3, 0.4) is 0 Å². The molecular formula is C16H24N4O2S. The van der Waals surface area contributed by atoms with E-state index in [1.54, 1.807) is 4.90 Å². The predicted octanol–water partition coefficient (Wildman–Crippen LogP) is 1.86. The van der Waals surface area contributed by atoms with Crippen LogP contribution >= 0.6 is 11.3 Å². The number of thiazole rings is 1. The molecule has 0 aliphatic carbocycles. The summed E-state index contributed by atoms with van der Waals surface area (Å²) in [4.78, 5) is 34.4. The standard InChI is InChI=1S/C16H24N4O2S/c1-3-11-6-4-5-8-20(11)15(22)14(21)18-16-17-12-7-9-19(2)10-13(12)23-16/h11H,3-10H2,1-2H3,(H,17,18,21). The van der Waals surface area contributed by atoms with E-state index < -0.39 is 11.8 Å². The summed E-state index contributed by atoms with van der Waals surface area (Å²) in [5.74, 6) is -0.966. The van der Waals surface area contributed by atoms with Gasteiger partial charge in [-0.15, -0.1) is 11.3 Å². The average molecular weight is 336 g/mol. The molecule has 1 unspecified atom stereocenters. The number of nitrogens with one attached hydrogen (secondary N) is 1. The topological polar surface area (TPSA) is 65.5 Å². The van der Waals surface area contributed by atoms with Crippen molar-refractivity contribution in [1.29, 1.82) is 0 Å². The molecule has 6 nitrogen and oxygen atoms in total. The molecule has 3 rings (SSSR count). The van der Waals surface area contributed by atoms with Crippen LogP contribution in [0.15, 0.2) is 0 Å². The monoisotopic (exact) mass is 336 g/mol. The first kappa shape index (κ1) is 16.4. The van der Waals surface area contributed by atoms with E-state index in [0.717, 1.165) is 50.9 Å². The van der Waals surface area contributed by atoms with Crippen LogP contribution in [-0.4, -0.2) is 52.8 Å². The van der Waals surface area contributed by atoms with E-state index in [1.165, 1.54) is 16.2 Å². The normalized spacial score (nSPS) is 21.8. The number of amides is 2. The maximum atomic E-state index is 12.4. The lowest BCUT2D eigenvalue weighted by Gasteiger charge is -2.34. The van der Waals surface area contributed by atoms with Crippen LogP contribution in [0.2, 0.25) is 0 Å². The summed E-state index contributed by atoms with van der Waals surface area (Å²) in [6, 6.07) is 0.195. The molecule has 3 heterocycles. The van der Waals surface area contributed by atoms with Crippen LogP contribution in [0, 0.1) is 0 Å². The molecule has 0 aromatic carbocycles. The first-order valence-corrected chi connectivity index (χ1v) is 9.19. The largest absolute Gasteiger partial charge is 0.331 e. The maximum absolute atomic E-state index is 12.4. The van der Waals surface area contributed by atoms with E-state index >= 15 is 0 Å². The SMILES string of the molecule is CCC1CCCCN1C(=O)C(=O)Nc1nc2c(s1)CN(C)CC2. The minimum atomic E-state index is -0.551. The van der Waals surface area contributed by atoms with Crippen molar-refractivity contribution < 1.29 is 9.59 Å². The molecule has 0 saturated carbocycles. The fourth-order valence-electron chi connectivity index (χ4n) is 3.35. The highest BCUT2D eigenvalue weighted by Gasteiger charge is 2.30. The van der Waals surface area contributed by atoms with E-state index in [9.17, 15) is 9.59 Å². The fraction of sp³-hybridized carbons (Fsp3) is 0.688. The second-order valence-corrected chi connectivity index (χ2v) is 7.47. The Morgan fingerprint density at radius 2 is 2.17 bits per heavy atom. The lowest BCUT2D eigenvalue weighted by Crippen LogP contribution is -2.48. The van der Waals surface area contributed by atoms with Gasteiger partial charge in [0, 0.05) is 37.0 Å². The molecule has 2 aliphatic rings. The van der Waals surface area contributed by atoms with E-state index in [-0.39, 0.29) is 6.04 Å². The highest BCUT2D eigenvalue weighted by atomic mass is 32.1. The Kier molecular flexibility index (Phi) is 4.96. The number of fused-ring (bicyclic) bond motifs is 1. The number of likely N-dealkylation sites (N-methyl/N-ethyl adjacent to an activating group) is 1. The van der Waals surface area contributed by atoms with Crippen molar-refractivity contribution in [3.8, 4) is 0 Å². The van der Waals surface area contributed by atoms with Crippen LogP contribution in [0.5, 0.6) is 0 Å². The molecule has 1 fully saturated rings. The minimum absolute atomic E-state index is 0.195. The molecule has 2 amide bonds. The molecule has 1 aromatic rings. The van der Waals surface area contributed by atoms with Gasteiger partial charge in [-0.1, -0.05) is 6.92 Å². The van der Waals surface area contributed by atoms with Gasteiger partial charge in [0.25, 0.3) is 0 Å². The Labute approximate surface area is 140 Å². The summed E-state index contributed by atoms with van der Waals surface area (Å²) < 4.78 is 0. The zero-order chi connectivity index (χ0) is 16.4. The highest BCUT2D eigenvalue weighted by molar-refractivity contribution is 7.16.